The van der Waals surface area contributed by atoms with E-state index in [1.165, 1.54) is 0 Å². The number of para-hydroxylation sites is 1. The number of hydrogen-bond donors (Lipinski definition) is 1. The van der Waals surface area contributed by atoms with Crippen LogP contribution in [0.4, 0.5) is 0 Å². The van der Waals surface area contributed by atoms with Gasteiger partial charge in [0.15, 0.2) is 0 Å². The van der Waals surface area contributed by atoms with Crippen LogP contribution in [0.15, 0.2) is 30.6 Å². The summed E-state index contributed by atoms with van der Waals surface area (Å²) in [5, 5.41) is 2.92. The molecule has 2 aromatic rings. The van der Waals surface area contributed by atoms with Gasteiger partial charge < -0.3 is 5.32 Å². The number of aromatic nitrogens is 2. The van der Waals surface area contributed by atoms with Crippen molar-refractivity contribution >= 4 is 28.5 Å². The highest BCUT2D eigenvalue weighted by Crippen LogP contribution is 2.13. The summed E-state index contributed by atoms with van der Waals surface area (Å²) in [5.41, 5.74) is 1.94. The van der Waals surface area contributed by atoms with E-state index in [4.69, 9.17) is 11.6 Å². The second kappa shape index (κ2) is 7.20. The number of fused-ring (bicyclic) bond motifs is 1. The Morgan fingerprint density at radius 2 is 2.15 bits per heavy atom. The first-order valence-electron chi connectivity index (χ1n) is 6.76. The van der Waals surface area contributed by atoms with Gasteiger partial charge in [0.25, 0.3) is 5.91 Å². The third-order valence-corrected chi connectivity index (χ3v) is 3.69. The van der Waals surface area contributed by atoms with Crippen LogP contribution in [0.1, 0.15) is 30.1 Å². The lowest BCUT2D eigenvalue weighted by Crippen LogP contribution is -2.25. The Hall–Kier alpha value is -1.68. The molecule has 0 aliphatic rings. The van der Waals surface area contributed by atoms with Gasteiger partial charge in [0.05, 0.1) is 11.1 Å². The molecule has 20 heavy (non-hydrogen) atoms. The standard InChI is InChI=1S/C15H18ClN3O/c1-11(10-16)4-3-7-19-15(20)12-5-2-6-13-14(12)18-9-8-17-13/h2,5-6,8-9,11H,3-4,7,10H2,1H3,(H,19,20). The molecule has 0 saturated heterocycles. The van der Waals surface area contributed by atoms with Gasteiger partial charge in [-0.15, -0.1) is 11.6 Å². The quantitative estimate of drug-likeness (QED) is 0.657. The maximum atomic E-state index is 12.2. The van der Waals surface area contributed by atoms with E-state index in [-0.39, 0.29) is 5.91 Å². The van der Waals surface area contributed by atoms with Crippen LogP contribution in [-0.4, -0.2) is 28.3 Å². The van der Waals surface area contributed by atoms with Gasteiger partial charge in [-0.3, -0.25) is 14.8 Å². The monoisotopic (exact) mass is 291 g/mol. The van der Waals surface area contributed by atoms with E-state index >= 15 is 0 Å². The number of carbonyl (C=O) groups excluding carboxylic acids is 1. The minimum absolute atomic E-state index is 0.102. The Labute approximate surface area is 123 Å². The summed E-state index contributed by atoms with van der Waals surface area (Å²) >= 11 is 5.75. The van der Waals surface area contributed by atoms with Crippen molar-refractivity contribution in [1.82, 2.24) is 15.3 Å². The zero-order valence-electron chi connectivity index (χ0n) is 11.5. The number of amides is 1. The lowest BCUT2D eigenvalue weighted by Gasteiger charge is -2.09. The van der Waals surface area contributed by atoms with Crippen molar-refractivity contribution in [2.24, 2.45) is 5.92 Å². The minimum Gasteiger partial charge on any atom is -0.352 e. The van der Waals surface area contributed by atoms with Gasteiger partial charge in [0.1, 0.15) is 5.52 Å². The minimum atomic E-state index is -0.102. The van der Waals surface area contributed by atoms with Crippen molar-refractivity contribution < 1.29 is 4.79 Å². The summed E-state index contributed by atoms with van der Waals surface area (Å²) in [7, 11) is 0. The third kappa shape index (κ3) is 3.67. The number of benzene rings is 1. The molecular weight excluding hydrogens is 274 g/mol. The van der Waals surface area contributed by atoms with Gasteiger partial charge >= 0.3 is 0 Å². The molecule has 5 heteroatoms. The van der Waals surface area contributed by atoms with Crippen LogP contribution in [0.2, 0.25) is 0 Å². The van der Waals surface area contributed by atoms with Gasteiger partial charge in [-0.05, 0) is 30.9 Å². The van der Waals surface area contributed by atoms with Crippen molar-refractivity contribution in [1.29, 1.82) is 0 Å². The average molecular weight is 292 g/mol. The van der Waals surface area contributed by atoms with Crippen LogP contribution in [0.5, 0.6) is 0 Å². The number of halogens is 1. The molecule has 0 spiro atoms. The highest BCUT2D eigenvalue weighted by Gasteiger charge is 2.10. The summed E-state index contributed by atoms with van der Waals surface area (Å²) in [6, 6.07) is 5.44. The molecule has 1 atom stereocenters. The summed E-state index contributed by atoms with van der Waals surface area (Å²) in [4.78, 5) is 20.6. The molecule has 0 fully saturated rings. The summed E-state index contributed by atoms with van der Waals surface area (Å²) < 4.78 is 0. The molecule has 0 saturated carbocycles. The van der Waals surface area contributed by atoms with Gasteiger partial charge in [-0.2, -0.15) is 0 Å². The maximum Gasteiger partial charge on any atom is 0.253 e. The van der Waals surface area contributed by atoms with E-state index in [2.05, 4.69) is 22.2 Å². The number of hydrogen-bond acceptors (Lipinski definition) is 3. The van der Waals surface area contributed by atoms with Crippen LogP contribution in [0, 0.1) is 5.92 Å². The summed E-state index contributed by atoms with van der Waals surface area (Å²) in [5.74, 6) is 1.04. The van der Waals surface area contributed by atoms with Crippen LogP contribution >= 0.6 is 11.6 Å². The zero-order chi connectivity index (χ0) is 14.4. The van der Waals surface area contributed by atoms with Crippen LogP contribution in [0.25, 0.3) is 11.0 Å². The van der Waals surface area contributed by atoms with E-state index < -0.39 is 0 Å². The highest BCUT2D eigenvalue weighted by atomic mass is 35.5. The highest BCUT2D eigenvalue weighted by molar-refractivity contribution is 6.18. The molecule has 0 radical (unpaired) electrons. The molecular formula is C15H18ClN3O. The second-order valence-corrected chi connectivity index (χ2v) is 5.20. The molecule has 1 amide bonds. The molecule has 106 valence electrons. The fourth-order valence-electron chi connectivity index (χ4n) is 2.00. The van der Waals surface area contributed by atoms with Crippen LogP contribution < -0.4 is 5.32 Å². The lowest BCUT2D eigenvalue weighted by atomic mass is 10.1. The van der Waals surface area contributed by atoms with Crippen molar-refractivity contribution in [2.75, 3.05) is 12.4 Å². The van der Waals surface area contributed by atoms with Crippen molar-refractivity contribution in [2.45, 2.75) is 19.8 Å². The first kappa shape index (κ1) is 14.7. The number of nitrogens with one attached hydrogen (secondary N) is 1. The number of alkyl halides is 1. The smallest absolute Gasteiger partial charge is 0.253 e. The van der Waals surface area contributed by atoms with Gasteiger partial charge in [-0.1, -0.05) is 13.0 Å². The Bertz CT molecular complexity index is 583. The first-order valence-corrected chi connectivity index (χ1v) is 7.29. The zero-order valence-corrected chi connectivity index (χ0v) is 12.2. The van der Waals surface area contributed by atoms with E-state index in [1.807, 2.05) is 12.1 Å². The predicted molar refractivity (Wildman–Crippen MR) is 81.0 cm³/mol. The van der Waals surface area contributed by atoms with Crippen molar-refractivity contribution in [3.63, 3.8) is 0 Å². The molecule has 1 aromatic carbocycles. The van der Waals surface area contributed by atoms with E-state index in [0.29, 0.717) is 29.4 Å². The molecule has 1 aromatic heterocycles. The van der Waals surface area contributed by atoms with Crippen LogP contribution in [-0.2, 0) is 0 Å². The predicted octanol–water partition coefficient (Wildman–Crippen LogP) is 3.01. The SMILES string of the molecule is CC(CCl)CCCNC(=O)c1cccc2nccnc12. The Morgan fingerprint density at radius 1 is 1.35 bits per heavy atom. The Balaban J connectivity index is 1.98. The molecule has 2 rings (SSSR count). The second-order valence-electron chi connectivity index (χ2n) is 4.89. The Morgan fingerprint density at radius 3 is 2.95 bits per heavy atom. The lowest BCUT2D eigenvalue weighted by molar-refractivity contribution is 0.0954. The van der Waals surface area contributed by atoms with Crippen molar-refractivity contribution in [3.05, 3.63) is 36.2 Å². The normalized spacial score (nSPS) is 12.3. The maximum absolute atomic E-state index is 12.2. The van der Waals surface area contributed by atoms with Crippen LogP contribution in [0.3, 0.4) is 0 Å². The largest absolute Gasteiger partial charge is 0.352 e. The molecule has 0 bridgehead atoms. The fourth-order valence-corrected chi connectivity index (χ4v) is 2.16. The van der Waals surface area contributed by atoms with Gasteiger partial charge in [-0.25, -0.2) is 0 Å². The number of rotatable bonds is 6. The molecule has 1 heterocycles. The van der Waals surface area contributed by atoms with E-state index in [1.54, 1.807) is 18.5 Å². The number of nitrogens with zero attached hydrogens (tertiary/aromatic N) is 2. The average Bonchev–Trinajstić information content (AvgIpc) is 2.50. The topological polar surface area (TPSA) is 54.9 Å². The summed E-state index contributed by atoms with van der Waals surface area (Å²) in [6.07, 6.45) is 5.16. The third-order valence-electron chi connectivity index (χ3n) is 3.17. The Kier molecular flexibility index (Phi) is 5.30. The first-order chi connectivity index (χ1) is 9.72. The molecule has 1 unspecified atom stereocenters. The van der Waals surface area contributed by atoms with E-state index in [9.17, 15) is 4.79 Å². The van der Waals surface area contributed by atoms with Gasteiger partial charge in [0.2, 0.25) is 0 Å². The molecule has 4 nitrogen and oxygen atoms in total. The molecule has 1 N–H and O–H groups in total. The molecule has 0 aliphatic carbocycles. The van der Waals surface area contributed by atoms with Crippen molar-refractivity contribution in [3.8, 4) is 0 Å². The number of carbonyl (C=O) groups is 1. The van der Waals surface area contributed by atoms with Gasteiger partial charge in [0, 0.05) is 24.8 Å². The van der Waals surface area contributed by atoms with E-state index in [0.717, 1.165) is 18.4 Å². The summed E-state index contributed by atoms with van der Waals surface area (Å²) in [6.45, 7) is 2.76. The fraction of sp³-hybridized carbons (Fsp3) is 0.400. The molecule has 0 aliphatic heterocycles.